The fourth-order valence-corrected chi connectivity index (χ4v) is 10.8. The van der Waals surface area contributed by atoms with Crippen LogP contribution in [0.4, 0.5) is 0 Å². The lowest BCUT2D eigenvalue weighted by atomic mass is 9.99. The monoisotopic (exact) mass is 736 g/mol. The summed E-state index contributed by atoms with van der Waals surface area (Å²) in [6.45, 7) is 0. The number of fused-ring (bicyclic) bond motifs is 3. The molecule has 1 aromatic heterocycles. The first-order chi connectivity index (χ1) is 27.6. The molecule has 0 amide bonds. The van der Waals surface area contributed by atoms with E-state index in [0.29, 0.717) is 17.5 Å². The summed E-state index contributed by atoms with van der Waals surface area (Å²) in [5.74, 6) is 1.90. The third kappa shape index (κ3) is 6.02. The van der Waals surface area contributed by atoms with E-state index in [4.69, 9.17) is 15.0 Å². The molecule has 0 saturated heterocycles. The van der Waals surface area contributed by atoms with E-state index in [2.05, 4.69) is 146 Å². The van der Waals surface area contributed by atoms with E-state index in [1.54, 1.807) is 0 Å². The van der Waals surface area contributed by atoms with Gasteiger partial charge in [-0.05, 0) is 57.6 Å². The third-order valence-electron chi connectivity index (χ3n) is 10.6. The molecular formula is C51H35N3OP+. The molecule has 0 unspecified atom stereocenters. The highest BCUT2D eigenvalue weighted by Crippen LogP contribution is 2.58. The van der Waals surface area contributed by atoms with Crippen LogP contribution in [0.15, 0.2) is 206 Å². The summed E-state index contributed by atoms with van der Waals surface area (Å²) >= 11 is 0. The molecule has 0 saturated carbocycles. The van der Waals surface area contributed by atoms with Crippen molar-refractivity contribution in [2.24, 2.45) is 0 Å². The molecule has 0 atom stereocenters. The number of hydrogen-bond donors (Lipinski definition) is 1. The van der Waals surface area contributed by atoms with Gasteiger partial charge in [0, 0.05) is 27.8 Å². The van der Waals surface area contributed by atoms with Gasteiger partial charge in [0.2, 0.25) is 7.49 Å². The quantitative estimate of drug-likeness (QED) is 0.166. The molecule has 2 heterocycles. The zero-order valence-electron chi connectivity index (χ0n) is 30.4. The second-order valence-electron chi connectivity index (χ2n) is 14.0. The standard InChI is InChI=1S/C51H35N3OP/c55-56(47-17-9-7-15-45(47)46-16-8-10-18-48(46)56)44-33-31-40(32-34-44)38-21-19-37(20-22-38)39-25-29-43(30-26-39)51-53-49(41-13-5-2-6-14-41)52-50(54-51)42-27-23-36(24-28-42)35-11-3-1-4-12-35/h1-34,55H/q+1. The Morgan fingerprint density at radius 1 is 0.268 bits per heavy atom. The highest BCUT2D eigenvalue weighted by atomic mass is 31.2. The maximum Gasteiger partial charge on any atom is 0.239 e. The van der Waals surface area contributed by atoms with E-state index in [1.807, 2.05) is 60.7 Å². The van der Waals surface area contributed by atoms with E-state index >= 15 is 0 Å². The molecule has 4 nitrogen and oxygen atoms in total. The highest BCUT2D eigenvalue weighted by molar-refractivity contribution is 7.92. The van der Waals surface area contributed by atoms with Crippen molar-refractivity contribution < 1.29 is 4.89 Å². The zero-order chi connectivity index (χ0) is 37.5. The van der Waals surface area contributed by atoms with Crippen LogP contribution in [0.25, 0.3) is 78.7 Å². The van der Waals surface area contributed by atoms with Gasteiger partial charge in [0.1, 0.15) is 15.9 Å². The van der Waals surface area contributed by atoms with E-state index in [-0.39, 0.29) is 0 Å². The minimum Gasteiger partial charge on any atom is -0.235 e. The molecule has 56 heavy (non-hydrogen) atoms. The molecule has 0 aliphatic carbocycles. The van der Waals surface area contributed by atoms with E-state index < -0.39 is 7.49 Å². The third-order valence-corrected chi connectivity index (χ3v) is 13.9. The Kier molecular flexibility index (Phi) is 8.49. The molecule has 0 spiro atoms. The average Bonchev–Trinajstić information content (AvgIpc) is 3.55. The van der Waals surface area contributed by atoms with Crippen LogP contribution in [-0.2, 0) is 0 Å². The molecule has 0 bridgehead atoms. The number of nitrogens with zero attached hydrogens (tertiary/aromatic N) is 3. The van der Waals surface area contributed by atoms with Crippen molar-refractivity contribution in [2.75, 3.05) is 0 Å². The Balaban J connectivity index is 0.914. The van der Waals surface area contributed by atoms with Crippen LogP contribution in [0, 0.1) is 0 Å². The Bertz CT molecular complexity index is 2780. The first-order valence-electron chi connectivity index (χ1n) is 18.7. The fraction of sp³-hybridized carbons (Fsp3) is 0. The number of aromatic nitrogens is 3. The normalized spacial score (nSPS) is 12.5. The molecule has 1 N–H and O–H groups in total. The zero-order valence-corrected chi connectivity index (χ0v) is 31.3. The van der Waals surface area contributed by atoms with Gasteiger partial charge in [-0.25, -0.2) is 19.8 Å². The Morgan fingerprint density at radius 2 is 0.536 bits per heavy atom. The summed E-state index contributed by atoms with van der Waals surface area (Å²) in [4.78, 5) is 27.2. The van der Waals surface area contributed by atoms with Crippen LogP contribution in [0.3, 0.4) is 0 Å². The predicted molar refractivity (Wildman–Crippen MR) is 232 cm³/mol. The van der Waals surface area contributed by atoms with Gasteiger partial charge in [-0.1, -0.05) is 182 Å². The first-order valence-corrected chi connectivity index (χ1v) is 20.5. The molecular weight excluding hydrogens is 702 g/mol. The van der Waals surface area contributed by atoms with Gasteiger partial charge in [0.15, 0.2) is 17.5 Å². The van der Waals surface area contributed by atoms with Crippen LogP contribution in [-0.4, -0.2) is 19.8 Å². The lowest BCUT2D eigenvalue weighted by Gasteiger charge is -2.16. The van der Waals surface area contributed by atoms with Crippen LogP contribution in [0.5, 0.6) is 0 Å². The topological polar surface area (TPSA) is 58.9 Å². The van der Waals surface area contributed by atoms with Gasteiger partial charge in [-0.15, -0.1) is 0 Å². The van der Waals surface area contributed by atoms with Crippen molar-refractivity contribution in [1.82, 2.24) is 15.0 Å². The van der Waals surface area contributed by atoms with Crippen molar-refractivity contribution in [3.8, 4) is 78.7 Å². The van der Waals surface area contributed by atoms with Crippen molar-refractivity contribution in [1.29, 1.82) is 0 Å². The summed E-state index contributed by atoms with van der Waals surface area (Å²) in [5.41, 5.74) is 11.8. The minimum absolute atomic E-state index is 0.628. The number of rotatable bonds is 7. The summed E-state index contributed by atoms with van der Waals surface area (Å²) in [7, 11) is -2.70. The van der Waals surface area contributed by atoms with Gasteiger partial charge < -0.3 is 0 Å². The van der Waals surface area contributed by atoms with Crippen LogP contribution >= 0.6 is 7.49 Å². The number of hydrogen-bond acceptors (Lipinski definition) is 4. The van der Waals surface area contributed by atoms with Gasteiger partial charge in [-0.2, -0.15) is 0 Å². The van der Waals surface area contributed by atoms with Crippen LogP contribution < -0.4 is 15.9 Å². The molecule has 8 aromatic carbocycles. The van der Waals surface area contributed by atoms with Gasteiger partial charge >= 0.3 is 0 Å². The second kappa shape index (κ2) is 14.1. The van der Waals surface area contributed by atoms with E-state index in [1.165, 1.54) is 5.56 Å². The molecule has 264 valence electrons. The Hall–Kier alpha value is -6.84. The summed E-state index contributed by atoms with van der Waals surface area (Å²) in [5, 5.41) is 3.04. The molecule has 5 heteroatoms. The van der Waals surface area contributed by atoms with Crippen LogP contribution in [0.1, 0.15) is 0 Å². The molecule has 1 aliphatic heterocycles. The lowest BCUT2D eigenvalue weighted by Crippen LogP contribution is -2.26. The van der Waals surface area contributed by atoms with Crippen LogP contribution in [0.2, 0.25) is 0 Å². The maximum absolute atomic E-state index is 12.4. The highest BCUT2D eigenvalue weighted by Gasteiger charge is 2.52. The van der Waals surface area contributed by atoms with Crippen molar-refractivity contribution in [3.05, 3.63) is 206 Å². The molecule has 0 radical (unpaired) electrons. The summed E-state index contributed by atoms with van der Waals surface area (Å²) in [6, 6.07) is 70.9. The van der Waals surface area contributed by atoms with Gasteiger partial charge in [-0.3, -0.25) is 0 Å². The molecule has 0 fully saturated rings. The minimum atomic E-state index is -2.70. The van der Waals surface area contributed by atoms with E-state index in [9.17, 15) is 4.89 Å². The predicted octanol–water partition coefficient (Wildman–Crippen LogP) is 11.1. The van der Waals surface area contributed by atoms with Crippen molar-refractivity contribution >= 4 is 23.4 Å². The van der Waals surface area contributed by atoms with Gasteiger partial charge in [0.05, 0.1) is 0 Å². The lowest BCUT2D eigenvalue weighted by molar-refractivity contribution is 0.634. The second-order valence-corrected chi connectivity index (χ2v) is 16.7. The first kappa shape index (κ1) is 33.7. The smallest absolute Gasteiger partial charge is 0.235 e. The molecule has 1 aliphatic rings. The Morgan fingerprint density at radius 3 is 0.929 bits per heavy atom. The SMILES string of the molecule is O[P+]1(c2ccc(-c3ccc(-c4ccc(-c5nc(-c6ccccc6)nc(-c6ccc(-c7ccccc7)cc6)n5)cc4)cc3)cc2)c2ccccc2-c2ccccc21. The fourth-order valence-electron chi connectivity index (χ4n) is 7.70. The maximum atomic E-state index is 12.4. The van der Waals surface area contributed by atoms with E-state index in [0.717, 1.165) is 71.5 Å². The Labute approximate surface area is 327 Å². The average molecular weight is 737 g/mol. The largest absolute Gasteiger partial charge is 0.239 e. The molecule has 9 aromatic rings. The summed E-state index contributed by atoms with van der Waals surface area (Å²) in [6.07, 6.45) is 0. The van der Waals surface area contributed by atoms with Gasteiger partial charge in [0.25, 0.3) is 0 Å². The van der Waals surface area contributed by atoms with Crippen molar-refractivity contribution in [2.45, 2.75) is 0 Å². The summed E-state index contributed by atoms with van der Waals surface area (Å²) < 4.78 is 0. The molecule has 10 rings (SSSR count). The number of benzene rings is 8. The van der Waals surface area contributed by atoms with Crippen molar-refractivity contribution in [3.63, 3.8) is 0 Å².